The molecule has 52 valence electrons. The van der Waals surface area contributed by atoms with Crippen LogP contribution in [0.2, 0.25) is 0 Å². The Bertz CT molecular complexity index is 128. The van der Waals surface area contributed by atoms with E-state index >= 15 is 0 Å². The first kappa shape index (κ1) is 10.0. The molecule has 0 bridgehead atoms. The van der Waals surface area contributed by atoms with Gasteiger partial charge >= 0.3 is 0 Å². The summed E-state index contributed by atoms with van der Waals surface area (Å²) in [4.78, 5) is -0.967. The van der Waals surface area contributed by atoms with Gasteiger partial charge in [-0.2, -0.15) is 5.26 Å². The summed E-state index contributed by atoms with van der Waals surface area (Å²) in [6.45, 7) is 0. The van der Waals surface area contributed by atoms with Crippen molar-refractivity contribution in [3.05, 3.63) is 0 Å². The zero-order valence-electron chi connectivity index (χ0n) is 3.94. The van der Waals surface area contributed by atoms with Crippen LogP contribution >= 0.6 is 58.2 Å². The fourth-order valence-corrected chi connectivity index (χ4v) is 0.790. The van der Waals surface area contributed by atoms with Crippen molar-refractivity contribution in [2.24, 2.45) is 0 Å². The summed E-state index contributed by atoms with van der Waals surface area (Å²) in [6, 6.07) is 0. The van der Waals surface area contributed by atoms with Gasteiger partial charge < -0.3 is 0 Å². The Morgan fingerprint density at radius 2 is 1.89 bits per heavy atom. The van der Waals surface area contributed by atoms with Crippen molar-refractivity contribution in [1.29, 1.82) is 5.26 Å². The van der Waals surface area contributed by atoms with Crippen LogP contribution in [0.1, 0.15) is 0 Å². The first-order chi connectivity index (χ1) is 4.00. The van der Waals surface area contributed by atoms with Crippen molar-refractivity contribution >= 4 is 58.2 Å². The second-order valence-corrected chi connectivity index (χ2v) is 5.02. The predicted octanol–water partition coefficient (Wildman–Crippen LogP) is 3.14. The third kappa shape index (κ3) is 3.64. The molecule has 0 N–H and O–H groups in total. The number of rotatable bonds is 2. The fraction of sp³-hybridized carbons (Fsp3) is 0.667. The van der Waals surface area contributed by atoms with Crippen LogP contribution in [0.25, 0.3) is 0 Å². The van der Waals surface area contributed by atoms with Gasteiger partial charge in [-0.05, 0) is 11.8 Å². The first-order valence-electron chi connectivity index (χ1n) is 1.73. The summed E-state index contributed by atoms with van der Waals surface area (Å²) in [5.74, 6) is 0. The quantitative estimate of drug-likeness (QED) is 0.532. The van der Waals surface area contributed by atoms with Crippen LogP contribution in [0.15, 0.2) is 0 Å². The number of halogens is 4. The molecular formula is C3HCl4NS. The van der Waals surface area contributed by atoms with Crippen LogP contribution in [0, 0.1) is 10.7 Å². The average Bonchev–Trinajstić information content (AvgIpc) is 1.65. The van der Waals surface area contributed by atoms with E-state index in [0.717, 1.165) is 0 Å². The van der Waals surface area contributed by atoms with Gasteiger partial charge in [-0.3, -0.25) is 0 Å². The van der Waals surface area contributed by atoms with Crippen molar-refractivity contribution in [3.63, 3.8) is 0 Å². The summed E-state index contributed by atoms with van der Waals surface area (Å²) in [7, 11) is 0. The van der Waals surface area contributed by atoms with E-state index in [1.165, 1.54) is 0 Å². The highest BCUT2D eigenvalue weighted by Crippen LogP contribution is 2.41. The lowest BCUT2D eigenvalue weighted by Crippen LogP contribution is -2.15. The lowest BCUT2D eigenvalue weighted by molar-refractivity contribution is 1.21. The molecule has 1 nitrogen and oxygen atoms in total. The Hall–Kier alpha value is 1.00. The van der Waals surface area contributed by atoms with Crippen LogP contribution in [-0.2, 0) is 0 Å². The number of hydrogen-bond donors (Lipinski definition) is 0. The van der Waals surface area contributed by atoms with Crippen molar-refractivity contribution in [3.8, 4) is 5.40 Å². The molecule has 0 spiro atoms. The van der Waals surface area contributed by atoms with Gasteiger partial charge in [0.1, 0.15) is 5.40 Å². The fourth-order valence-electron chi connectivity index (χ4n) is 0.105. The van der Waals surface area contributed by atoms with E-state index in [4.69, 9.17) is 51.7 Å². The molecule has 0 amide bonds. The lowest BCUT2D eigenvalue weighted by atomic mass is 10.9. The van der Waals surface area contributed by atoms with Gasteiger partial charge in [0.15, 0.2) is 4.84 Å². The molecule has 9 heavy (non-hydrogen) atoms. The van der Waals surface area contributed by atoms with E-state index in [-0.39, 0.29) is 0 Å². The summed E-state index contributed by atoms with van der Waals surface area (Å²) < 4.78 is -1.42. The smallest absolute Gasteiger partial charge is 0.185 e. The molecule has 0 aliphatic heterocycles. The zero-order chi connectivity index (χ0) is 7.49. The van der Waals surface area contributed by atoms with Gasteiger partial charge in [0.05, 0.1) is 0 Å². The zero-order valence-corrected chi connectivity index (χ0v) is 7.78. The molecule has 0 aliphatic rings. The second-order valence-electron chi connectivity index (χ2n) is 1.06. The largest absolute Gasteiger partial charge is 0.206 e. The van der Waals surface area contributed by atoms with Gasteiger partial charge in [0.25, 0.3) is 0 Å². The molecule has 0 saturated heterocycles. The highest BCUT2D eigenvalue weighted by atomic mass is 35.5. The van der Waals surface area contributed by atoms with Crippen LogP contribution in [0.5, 0.6) is 0 Å². The number of alkyl halides is 4. The number of nitrogens with zero attached hydrogens (tertiary/aromatic N) is 1. The molecule has 0 fully saturated rings. The molecule has 0 aromatic carbocycles. The molecule has 0 rings (SSSR count). The van der Waals surface area contributed by atoms with Crippen molar-refractivity contribution in [2.45, 2.75) is 8.50 Å². The highest BCUT2D eigenvalue weighted by molar-refractivity contribution is 8.07. The Kier molecular flexibility index (Phi) is 4.44. The minimum absolute atomic E-state index is 0.614. The van der Waals surface area contributed by atoms with Gasteiger partial charge in [-0.1, -0.05) is 23.2 Å². The van der Waals surface area contributed by atoms with E-state index in [0.29, 0.717) is 11.8 Å². The van der Waals surface area contributed by atoms with E-state index in [1.54, 1.807) is 5.40 Å². The maximum Gasteiger partial charge on any atom is 0.206 e. The van der Waals surface area contributed by atoms with Crippen LogP contribution in [0.3, 0.4) is 0 Å². The minimum atomic E-state index is -1.42. The summed E-state index contributed by atoms with van der Waals surface area (Å²) >= 11 is 22.0. The number of thiocyanates is 1. The Morgan fingerprint density at radius 3 is 2.00 bits per heavy atom. The van der Waals surface area contributed by atoms with Crippen molar-refractivity contribution < 1.29 is 0 Å². The van der Waals surface area contributed by atoms with Crippen LogP contribution in [0.4, 0.5) is 0 Å². The molecule has 0 atom stereocenters. The first-order valence-corrected chi connectivity index (χ1v) is 4.18. The average molecular weight is 225 g/mol. The number of nitriles is 1. The van der Waals surface area contributed by atoms with E-state index in [9.17, 15) is 0 Å². The van der Waals surface area contributed by atoms with Crippen molar-refractivity contribution in [2.75, 3.05) is 0 Å². The molecule has 0 unspecified atom stereocenters. The molecule has 0 aromatic rings. The van der Waals surface area contributed by atoms with E-state index in [2.05, 4.69) is 0 Å². The normalized spacial score (nSPS) is 11.6. The van der Waals surface area contributed by atoms with Crippen LogP contribution in [-0.4, -0.2) is 8.50 Å². The minimum Gasteiger partial charge on any atom is -0.185 e. The summed E-state index contributed by atoms with van der Waals surface area (Å²) in [5, 5.41) is 9.75. The molecule has 0 radical (unpaired) electrons. The molecule has 6 heteroatoms. The highest BCUT2D eigenvalue weighted by Gasteiger charge is 2.33. The van der Waals surface area contributed by atoms with Gasteiger partial charge in [0.2, 0.25) is 3.67 Å². The maximum atomic E-state index is 8.08. The van der Waals surface area contributed by atoms with E-state index < -0.39 is 8.50 Å². The molecule has 0 aliphatic carbocycles. The monoisotopic (exact) mass is 223 g/mol. The Labute approximate surface area is 77.2 Å². The molecule has 0 aromatic heterocycles. The number of thioether (sulfide) groups is 1. The van der Waals surface area contributed by atoms with Gasteiger partial charge in [0, 0.05) is 0 Å². The van der Waals surface area contributed by atoms with Crippen molar-refractivity contribution in [1.82, 2.24) is 0 Å². The summed E-state index contributed by atoms with van der Waals surface area (Å²) in [6.07, 6.45) is 0. The second kappa shape index (κ2) is 4.00. The standard InChI is InChI=1S/C3HCl4NS/c4-2(5)3(6,7)9-1-8/h2H. The van der Waals surface area contributed by atoms with Crippen LogP contribution < -0.4 is 0 Å². The summed E-state index contributed by atoms with van der Waals surface area (Å²) in [5.41, 5.74) is 0. The molecular weight excluding hydrogens is 224 g/mol. The predicted molar refractivity (Wildman–Crippen MR) is 43.1 cm³/mol. The molecule has 0 heterocycles. The maximum absolute atomic E-state index is 8.08. The van der Waals surface area contributed by atoms with Gasteiger partial charge in [-0.25, -0.2) is 0 Å². The molecule has 0 saturated carbocycles. The van der Waals surface area contributed by atoms with E-state index in [1.807, 2.05) is 0 Å². The number of hydrogen-bond acceptors (Lipinski definition) is 2. The Balaban J connectivity index is 3.89. The third-order valence-corrected chi connectivity index (χ3v) is 3.29. The van der Waals surface area contributed by atoms with Gasteiger partial charge in [-0.15, -0.1) is 23.2 Å². The third-order valence-electron chi connectivity index (χ3n) is 0.436. The SMILES string of the molecule is N#CSC(Cl)(Cl)C(Cl)Cl. The Morgan fingerprint density at radius 1 is 1.44 bits per heavy atom. The topological polar surface area (TPSA) is 23.8 Å². The lowest BCUT2D eigenvalue weighted by Gasteiger charge is -2.14.